The molecule has 2 atom stereocenters. The molecule has 1 heterocycles. The van der Waals surface area contributed by atoms with E-state index in [0.717, 1.165) is 6.54 Å². The van der Waals surface area contributed by atoms with Crippen LogP contribution in [0.25, 0.3) is 0 Å². The summed E-state index contributed by atoms with van der Waals surface area (Å²) in [5.74, 6) is 0. The summed E-state index contributed by atoms with van der Waals surface area (Å²) in [5.41, 5.74) is 0. The van der Waals surface area contributed by atoms with Gasteiger partial charge in [0.15, 0.2) is 6.29 Å². The Bertz CT molecular complexity index is 66.8. The van der Waals surface area contributed by atoms with Crippen LogP contribution in [0.15, 0.2) is 0 Å². The Balaban J connectivity index is 2.28. The fourth-order valence-corrected chi connectivity index (χ4v) is 0.711. The van der Waals surface area contributed by atoms with Gasteiger partial charge in [-0.2, -0.15) is 0 Å². The molecule has 2 N–H and O–H groups in total. The average Bonchev–Trinajstić information content (AvgIpc) is 1.77. The Labute approximate surface area is 48.7 Å². The second kappa shape index (κ2) is 2.44. The Morgan fingerprint density at radius 3 is 2.88 bits per heavy atom. The third kappa shape index (κ3) is 1.18. The molecule has 1 saturated heterocycles. The molecule has 48 valence electrons. The zero-order valence-electron chi connectivity index (χ0n) is 4.92. The molecule has 0 aromatic heterocycles. The van der Waals surface area contributed by atoms with Crippen LogP contribution in [0.1, 0.15) is 6.92 Å². The maximum atomic E-state index is 8.89. The molecule has 1 aliphatic heterocycles. The minimum absolute atomic E-state index is 0.0868. The minimum atomic E-state index is -0.608. The molecule has 8 heavy (non-hydrogen) atoms. The zero-order chi connectivity index (χ0) is 5.98. The fraction of sp³-hybridized carbons (Fsp3) is 1.00. The largest absolute Gasteiger partial charge is 0.367 e. The minimum Gasteiger partial charge on any atom is -0.367 e. The standard InChI is InChI=1S/C5H11NO2/c1-4-5(7)8-3-2-6-4/h4-7H,2-3H2,1H3/t4-,5-/m1/s1. The second-order valence-electron chi connectivity index (χ2n) is 2.00. The summed E-state index contributed by atoms with van der Waals surface area (Å²) in [5, 5.41) is 11.9. The highest BCUT2D eigenvalue weighted by Gasteiger charge is 2.17. The van der Waals surface area contributed by atoms with Crippen molar-refractivity contribution in [3.05, 3.63) is 0 Å². The number of rotatable bonds is 0. The van der Waals surface area contributed by atoms with Crippen LogP contribution in [-0.4, -0.2) is 30.6 Å². The van der Waals surface area contributed by atoms with Gasteiger partial charge in [-0.25, -0.2) is 0 Å². The molecule has 0 aromatic carbocycles. The van der Waals surface area contributed by atoms with Crippen molar-refractivity contribution in [3.63, 3.8) is 0 Å². The number of ether oxygens (including phenoxy) is 1. The summed E-state index contributed by atoms with van der Waals surface area (Å²) in [6.45, 7) is 3.35. The van der Waals surface area contributed by atoms with E-state index in [1.54, 1.807) is 0 Å². The first kappa shape index (κ1) is 6.01. The Morgan fingerprint density at radius 1 is 1.75 bits per heavy atom. The Morgan fingerprint density at radius 2 is 2.50 bits per heavy atom. The van der Waals surface area contributed by atoms with Gasteiger partial charge in [-0.3, -0.25) is 0 Å². The summed E-state index contributed by atoms with van der Waals surface area (Å²) < 4.78 is 4.88. The van der Waals surface area contributed by atoms with E-state index in [0.29, 0.717) is 6.61 Å². The number of aliphatic hydroxyl groups is 1. The maximum absolute atomic E-state index is 8.89. The average molecular weight is 117 g/mol. The van der Waals surface area contributed by atoms with Gasteiger partial charge >= 0.3 is 0 Å². The van der Waals surface area contributed by atoms with Crippen molar-refractivity contribution in [3.8, 4) is 0 Å². The quantitative estimate of drug-likeness (QED) is 0.441. The summed E-state index contributed by atoms with van der Waals surface area (Å²) in [6.07, 6.45) is -0.608. The fourth-order valence-electron chi connectivity index (χ4n) is 0.711. The predicted molar refractivity (Wildman–Crippen MR) is 29.4 cm³/mol. The van der Waals surface area contributed by atoms with Crippen LogP contribution in [0.2, 0.25) is 0 Å². The molecule has 0 radical (unpaired) electrons. The number of morpholine rings is 1. The van der Waals surface area contributed by atoms with E-state index >= 15 is 0 Å². The lowest BCUT2D eigenvalue weighted by Gasteiger charge is -2.25. The molecule has 0 bridgehead atoms. The van der Waals surface area contributed by atoms with Gasteiger partial charge < -0.3 is 15.2 Å². The van der Waals surface area contributed by atoms with Crippen LogP contribution in [0, 0.1) is 0 Å². The topological polar surface area (TPSA) is 41.5 Å². The lowest BCUT2D eigenvalue weighted by Crippen LogP contribution is -2.46. The van der Waals surface area contributed by atoms with Crippen molar-refractivity contribution in [1.82, 2.24) is 5.32 Å². The molecule has 1 rings (SSSR count). The predicted octanol–water partition coefficient (Wildman–Crippen LogP) is -0.687. The molecule has 3 nitrogen and oxygen atoms in total. The van der Waals surface area contributed by atoms with Gasteiger partial charge in [0, 0.05) is 6.54 Å². The van der Waals surface area contributed by atoms with Gasteiger partial charge in [-0.15, -0.1) is 0 Å². The molecule has 1 aliphatic rings. The van der Waals surface area contributed by atoms with E-state index < -0.39 is 6.29 Å². The number of hydrogen-bond donors (Lipinski definition) is 2. The van der Waals surface area contributed by atoms with Gasteiger partial charge in [0.1, 0.15) is 0 Å². The first-order chi connectivity index (χ1) is 3.80. The normalized spacial score (nSPS) is 39.8. The maximum Gasteiger partial charge on any atom is 0.169 e. The number of aliphatic hydroxyl groups excluding tert-OH is 1. The van der Waals surface area contributed by atoms with Crippen LogP contribution in [0.3, 0.4) is 0 Å². The third-order valence-electron chi connectivity index (χ3n) is 1.28. The monoisotopic (exact) mass is 117 g/mol. The van der Waals surface area contributed by atoms with Gasteiger partial charge in [0.25, 0.3) is 0 Å². The van der Waals surface area contributed by atoms with Gasteiger partial charge in [-0.1, -0.05) is 0 Å². The lowest BCUT2D eigenvalue weighted by molar-refractivity contribution is -0.135. The molecular weight excluding hydrogens is 106 g/mol. The van der Waals surface area contributed by atoms with E-state index in [1.807, 2.05) is 6.92 Å². The smallest absolute Gasteiger partial charge is 0.169 e. The molecule has 0 amide bonds. The van der Waals surface area contributed by atoms with Crippen LogP contribution in [0.4, 0.5) is 0 Å². The number of hydrogen-bond acceptors (Lipinski definition) is 3. The highest BCUT2D eigenvalue weighted by Crippen LogP contribution is 1.98. The van der Waals surface area contributed by atoms with Gasteiger partial charge in [0.05, 0.1) is 12.6 Å². The van der Waals surface area contributed by atoms with Gasteiger partial charge in [-0.05, 0) is 6.92 Å². The molecular formula is C5H11NO2. The van der Waals surface area contributed by atoms with Crippen molar-refractivity contribution >= 4 is 0 Å². The van der Waals surface area contributed by atoms with E-state index in [1.165, 1.54) is 0 Å². The summed E-state index contributed by atoms with van der Waals surface area (Å²) in [7, 11) is 0. The SMILES string of the molecule is C[C@H]1NCCO[C@H]1O. The van der Waals surface area contributed by atoms with Crippen LogP contribution in [-0.2, 0) is 4.74 Å². The van der Waals surface area contributed by atoms with Crippen LogP contribution in [0.5, 0.6) is 0 Å². The highest BCUT2D eigenvalue weighted by molar-refractivity contribution is 4.67. The van der Waals surface area contributed by atoms with Crippen molar-refractivity contribution in [2.75, 3.05) is 13.2 Å². The third-order valence-corrected chi connectivity index (χ3v) is 1.28. The van der Waals surface area contributed by atoms with Gasteiger partial charge in [0.2, 0.25) is 0 Å². The molecule has 0 unspecified atom stereocenters. The zero-order valence-corrected chi connectivity index (χ0v) is 4.92. The first-order valence-corrected chi connectivity index (χ1v) is 2.84. The summed E-state index contributed by atoms with van der Waals surface area (Å²) >= 11 is 0. The van der Waals surface area contributed by atoms with E-state index in [9.17, 15) is 0 Å². The van der Waals surface area contributed by atoms with E-state index in [2.05, 4.69) is 5.32 Å². The Kier molecular flexibility index (Phi) is 1.83. The Hall–Kier alpha value is -0.120. The van der Waals surface area contributed by atoms with E-state index in [4.69, 9.17) is 9.84 Å². The van der Waals surface area contributed by atoms with Crippen LogP contribution >= 0.6 is 0 Å². The molecule has 0 aromatic rings. The summed E-state index contributed by atoms with van der Waals surface area (Å²) in [6, 6.07) is 0.0868. The number of nitrogens with one attached hydrogen (secondary N) is 1. The molecule has 0 aliphatic carbocycles. The first-order valence-electron chi connectivity index (χ1n) is 2.84. The second-order valence-corrected chi connectivity index (χ2v) is 2.00. The molecule has 3 heteroatoms. The highest BCUT2D eigenvalue weighted by atomic mass is 16.6. The molecule has 1 fully saturated rings. The molecule has 0 spiro atoms. The molecule has 0 saturated carbocycles. The van der Waals surface area contributed by atoms with Crippen molar-refractivity contribution in [2.24, 2.45) is 0 Å². The summed E-state index contributed by atoms with van der Waals surface area (Å²) in [4.78, 5) is 0. The van der Waals surface area contributed by atoms with Crippen molar-refractivity contribution in [1.29, 1.82) is 0 Å². The van der Waals surface area contributed by atoms with Crippen molar-refractivity contribution < 1.29 is 9.84 Å². The lowest BCUT2D eigenvalue weighted by atomic mass is 10.3. The van der Waals surface area contributed by atoms with Crippen molar-refractivity contribution in [2.45, 2.75) is 19.3 Å². The van der Waals surface area contributed by atoms with Crippen LogP contribution < -0.4 is 5.32 Å². The van der Waals surface area contributed by atoms with E-state index in [-0.39, 0.29) is 6.04 Å².